The molecule has 2 aromatic carbocycles. The summed E-state index contributed by atoms with van der Waals surface area (Å²) in [7, 11) is 0. The van der Waals surface area contributed by atoms with Crippen molar-refractivity contribution in [3.63, 3.8) is 0 Å². The Morgan fingerprint density at radius 2 is 1.62 bits per heavy atom. The predicted octanol–water partition coefficient (Wildman–Crippen LogP) is 2.61. The van der Waals surface area contributed by atoms with Gasteiger partial charge in [0.2, 0.25) is 0 Å². The normalized spacial score (nSPS) is 11.4. The molecule has 2 rings (SSSR count). The lowest BCUT2D eigenvalue weighted by atomic mass is 10.1. The van der Waals surface area contributed by atoms with E-state index in [0.29, 0.717) is 11.5 Å². The number of hydrogen-bond acceptors (Lipinski definition) is 4. The van der Waals surface area contributed by atoms with Crippen LogP contribution in [0.15, 0.2) is 42.5 Å². The molecule has 0 aliphatic carbocycles. The van der Waals surface area contributed by atoms with Crippen LogP contribution in [0.3, 0.4) is 0 Å². The van der Waals surface area contributed by atoms with E-state index in [-0.39, 0.29) is 6.61 Å². The van der Waals surface area contributed by atoms with Crippen molar-refractivity contribution in [1.29, 1.82) is 0 Å². The number of hydrazine groups is 1. The van der Waals surface area contributed by atoms with E-state index >= 15 is 0 Å². The predicted molar refractivity (Wildman–Crippen MR) is 99.0 cm³/mol. The summed E-state index contributed by atoms with van der Waals surface area (Å²) in [4.78, 5) is 23.8. The zero-order valence-corrected chi connectivity index (χ0v) is 15.5. The van der Waals surface area contributed by atoms with Crippen molar-refractivity contribution < 1.29 is 19.1 Å². The molecule has 0 fully saturated rings. The van der Waals surface area contributed by atoms with Crippen LogP contribution in [0.25, 0.3) is 0 Å². The molecule has 6 nitrogen and oxygen atoms in total. The van der Waals surface area contributed by atoms with Gasteiger partial charge in [-0.3, -0.25) is 20.4 Å². The Morgan fingerprint density at radius 1 is 0.962 bits per heavy atom. The van der Waals surface area contributed by atoms with Gasteiger partial charge in [0, 0.05) is 0 Å². The van der Waals surface area contributed by atoms with Crippen LogP contribution in [0.2, 0.25) is 0 Å². The van der Waals surface area contributed by atoms with Gasteiger partial charge in [-0.25, -0.2) is 0 Å². The molecule has 0 bridgehead atoms. The van der Waals surface area contributed by atoms with Gasteiger partial charge in [-0.05, 0) is 51.5 Å². The van der Waals surface area contributed by atoms with Crippen LogP contribution in [-0.4, -0.2) is 24.5 Å². The van der Waals surface area contributed by atoms with Gasteiger partial charge in [0.05, 0.1) is 0 Å². The number of carbonyl (C=O) groups excluding carboxylic acids is 2. The van der Waals surface area contributed by atoms with Gasteiger partial charge >= 0.3 is 0 Å². The number of amides is 2. The average Bonchev–Trinajstić information content (AvgIpc) is 2.60. The molecule has 2 amide bonds. The molecular weight excluding hydrogens is 332 g/mol. The van der Waals surface area contributed by atoms with Crippen LogP contribution in [0.5, 0.6) is 11.5 Å². The van der Waals surface area contributed by atoms with E-state index < -0.39 is 17.9 Å². The van der Waals surface area contributed by atoms with E-state index in [9.17, 15) is 9.59 Å². The lowest BCUT2D eigenvalue weighted by molar-refractivity contribution is -0.133. The Hall–Kier alpha value is -3.02. The summed E-state index contributed by atoms with van der Waals surface area (Å²) in [5.41, 5.74) is 7.81. The first-order valence-corrected chi connectivity index (χ1v) is 8.37. The highest BCUT2D eigenvalue weighted by molar-refractivity contribution is 5.85. The smallest absolute Gasteiger partial charge is 0.279 e. The standard InChI is InChI=1S/C20H24N2O4/c1-13-5-8-17(9-6-13)26-16(4)20(24)22-21-19(23)12-25-18-10-7-14(2)11-15(18)3/h5-11,16H,12H2,1-4H3,(H,21,23)(H,22,24). The maximum Gasteiger partial charge on any atom is 0.279 e. The summed E-state index contributed by atoms with van der Waals surface area (Å²) in [5, 5.41) is 0. The number of ether oxygens (including phenoxy) is 2. The molecule has 0 aromatic heterocycles. The minimum absolute atomic E-state index is 0.197. The fraction of sp³-hybridized carbons (Fsp3) is 0.300. The zero-order chi connectivity index (χ0) is 19.1. The minimum atomic E-state index is -0.752. The van der Waals surface area contributed by atoms with E-state index in [2.05, 4.69) is 10.9 Å². The average molecular weight is 356 g/mol. The molecular formula is C20H24N2O4. The fourth-order valence-electron chi connectivity index (χ4n) is 2.25. The quantitative estimate of drug-likeness (QED) is 0.780. The summed E-state index contributed by atoms with van der Waals surface area (Å²) < 4.78 is 11.0. The number of carbonyl (C=O) groups is 2. The molecule has 0 aliphatic heterocycles. The highest BCUT2D eigenvalue weighted by Gasteiger charge is 2.15. The van der Waals surface area contributed by atoms with Gasteiger partial charge in [-0.15, -0.1) is 0 Å². The molecule has 0 aliphatic rings. The van der Waals surface area contributed by atoms with Crippen LogP contribution in [0.1, 0.15) is 23.6 Å². The number of benzene rings is 2. The van der Waals surface area contributed by atoms with Crippen molar-refractivity contribution in [2.24, 2.45) is 0 Å². The molecule has 1 atom stereocenters. The Morgan fingerprint density at radius 3 is 2.27 bits per heavy atom. The van der Waals surface area contributed by atoms with Gasteiger partial charge in [-0.2, -0.15) is 0 Å². The molecule has 0 heterocycles. The Labute approximate surface area is 153 Å². The van der Waals surface area contributed by atoms with Gasteiger partial charge in [0.1, 0.15) is 11.5 Å². The fourth-order valence-corrected chi connectivity index (χ4v) is 2.25. The topological polar surface area (TPSA) is 76.7 Å². The molecule has 2 N–H and O–H groups in total. The Kier molecular flexibility index (Phi) is 6.60. The molecule has 0 saturated carbocycles. The second-order valence-corrected chi connectivity index (χ2v) is 6.17. The maximum atomic E-state index is 12.0. The summed E-state index contributed by atoms with van der Waals surface area (Å²) in [6, 6.07) is 13.1. The largest absolute Gasteiger partial charge is 0.483 e. The van der Waals surface area contributed by atoms with Gasteiger partial charge in [0.15, 0.2) is 12.7 Å². The molecule has 138 valence electrons. The maximum absolute atomic E-state index is 12.0. The monoisotopic (exact) mass is 356 g/mol. The molecule has 2 aromatic rings. The van der Waals surface area contributed by atoms with Crippen molar-refractivity contribution in [3.8, 4) is 11.5 Å². The molecule has 6 heteroatoms. The van der Waals surface area contributed by atoms with Crippen LogP contribution in [0.4, 0.5) is 0 Å². The third-order valence-electron chi connectivity index (χ3n) is 3.72. The van der Waals surface area contributed by atoms with E-state index in [1.54, 1.807) is 19.1 Å². The number of hydrogen-bond donors (Lipinski definition) is 2. The molecule has 26 heavy (non-hydrogen) atoms. The first-order chi connectivity index (χ1) is 12.3. The molecule has 0 radical (unpaired) electrons. The lowest BCUT2D eigenvalue weighted by Gasteiger charge is -2.15. The Bertz CT molecular complexity index is 772. The first-order valence-electron chi connectivity index (χ1n) is 8.37. The van der Waals surface area contributed by atoms with E-state index in [1.165, 1.54) is 0 Å². The van der Waals surface area contributed by atoms with Crippen LogP contribution in [0, 0.1) is 20.8 Å². The highest BCUT2D eigenvalue weighted by atomic mass is 16.5. The van der Waals surface area contributed by atoms with E-state index in [4.69, 9.17) is 9.47 Å². The summed E-state index contributed by atoms with van der Waals surface area (Å²) in [6.07, 6.45) is -0.752. The second kappa shape index (κ2) is 8.89. The van der Waals surface area contributed by atoms with Gasteiger partial charge in [-0.1, -0.05) is 35.4 Å². The first kappa shape index (κ1) is 19.3. The highest BCUT2D eigenvalue weighted by Crippen LogP contribution is 2.18. The Balaban J connectivity index is 1.75. The summed E-state index contributed by atoms with van der Waals surface area (Å²) in [6.45, 7) is 7.27. The van der Waals surface area contributed by atoms with Gasteiger partial charge < -0.3 is 9.47 Å². The molecule has 0 spiro atoms. The molecule has 0 saturated heterocycles. The number of aryl methyl sites for hydroxylation is 3. The van der Waals surface area contributed by atoms with Crippen molar-refractivity contribution >= 4 is 11.8 Å². The van der Waals surface area contributed by atoms with Crippen molar-refractivity contribution in [3.05, 3.63) is 59.2 Å². The van der Waals surface area contributed by atoms with Crippen LogP contribution in [-0.2, 0) is 9.59 Å². The minimum Gasteiger partial charge on any atom is -0.483 e. The van der Waals surface area contributed by atoms with Crippen molar-refractivity contribution in [2.75, 3.05) is 6.61 Å². The summed E-state index contributed by atoms with van der Waals surface area (Å²) >= 11 is 0. The summed E-state index contributed by atoms with van der Waals surface area (Å²) in [5.74, 6) is 0.308. The van der Waals surface area contributed by atoms with Gasteiger partial charge in [0.25, 0.3) is 11.8 Å². The lowest BCUT2D eigenvalue weighted by Crippen LogP contribution is -2.48. The van der Waals surface area contributed by atoms with E-state index in [0.717, 1.165) is 16.7 Å². The zero-order valence-electron chi connectivity index (χ0n) is 15.5. The van der Waals surface area contributed by atoms with Crippen LogP contribution >= 0.6 is 0 Å². The van der Waals surface area contributed by atoms with Crippen molar-refractivity contribution in [1.82, 2.24) is 10.9 Å². The van der Waals surface area contributed by atoms with Crippen molar-refractivity contribution in [2.45, 2.75) is 33.8 Å². The van der Waals surface area contributed by atoms with E-state index in [1.807, 2.05) is 51.1 Å². The number of nitrogens with one attached hydrogen (secondary N) is 2. The number of rotatable bonds is 6. The third-order valence-corrected chi connectivity index (χ3v) is 3.72. The second-order valence-electron chi connectivity index (χ2n) is 6.17. The third kappa shape index (κ3) is 5.81. The molecule has 1 unspecified atom stereocenters. The SMILES string of the molecule is Cc1ccc(OC(C)C(=O)NNC(=O)COc2ccc(C)cc2C)cc1. The van der Waals surface area contributed by atoms with Crippen LogP contribution < -0.4 is 20.3 Å².